The molecule has 6 heteroatoms. The molecule has 1 aliphatic rings. The maximum Gasteiger partial charge on any atom is 0.244 e. The lowest BCUT2D eigenvalue weighted by Gasteiger charge is -2.00. The number of nitrogens with zero attached hydrogens (tertiary/aromatic N) is 1. The molecule has 1 aliphatic heterocycles. The van der Waals surface area contributed by atoms with E-state index in [0.717, 1.165) is 21.9 Å². The van der Waals surface area contributed by atoms with Gasteiger partial charge in [-0.15, -0.1) is 0 Å². The van der Waals surface area contributed by atoms with E-state index in [-0.39, 0.29) is 5.12 Å². The molecule has 0 spiro atoms. The first kappa shape index (κ1) is 14.0. The minimum absolute atomic E-state index is 0.0537. The third kappa shape index (κ3) is 3.12. The fourth-order valence-corrected chi connectivity index (χ4v) is 3.45. The summed E-state index contributed by atoms with van der Waals surface area (Å²) in [4.78, 5) is 16.0. The maximum atomic E-state index is 11.8. The van der Waals surface area contributed by atoms with Crippen LogP contribution in [0.3, 0.4) is 0 Å². The lowest BCUT2D eigenvalue weighted by Crippen LogP contribution is -1.88. The maximum absolute atomic E-state index is 11.8. The van der Waals surface area contributed by atoms with Crippen LogP contribution in [0.1, 0.15) is 12.5 Å². The normalized spacial score (nSPS) is 17.4. The SMILES string of the molecule is CCSC1=NC(=Cc2cccc(Cl)c2Cl)C(=O)S1. The zero-order valence-corrected chi connectivity index (χ0v) is 12.6. The van der Waals surface area contributed by atoms with Gasteiger partial charge in [0.2, 0.25) is 5.12 Å². The van der Waals surface area contributed by atoms with E-state index in [4.69, 9.17) is 23.2 Å². The summed E-state index contributed by atoms with van der Waals surface area (Å²) in [7, 11) is 0. The van der Waals surface area contributed by atoms with E-state index in [0.29, 0.717) is 21.3 Å². The number of halogens is 2. The third-order valence-electron chi connectivity index (χ3n) is 2.14. The van der Waals surface area contributed by atoms with Crippen LogP contribution in [0.5, 0.6) is 0 Å². The standard InChI is InChI=1S/C12H9Cl2NOS2/c1-2-17-12-15-9(11(16)18-12)6-7-4-3-5-8(13)10(7)14/h3-6H,2H2,1H3. The van der Waals surface area contributed by atoms with Gasteiger partial charge in [-0.25, -0.2) is 4.99 Å². The van der Waals surface area contributed by atoms with Crippen LogP contribution >= 0.6 is 46.7 Å². The highest BCUT2D eigenvalue weighted by molar-refractivity contribution is 8.45. The molecule has 2 rings (SSSR count). The second-order valence-electron chi connectivity index (χ2n) is 3.37. The number of aliphatic imine (C=N–C) groups is 1. The molecular weight excluding hydrogens is 309 g/mol. The van der Waals surface area contributed by atoms with Crippen molar-refractivity contribution in [3.63, 3.8) is 0 Å². The first-order chi connectivity index (χ1) is 8.61. The van der Waals surface area contributed by atoms with Crippen molar-refractivity contribution < 1.29 is 4.79 Å². The monoisotopic (exact) mass is 317 g/mol. The van der Waals surface area contributed by atoms with Crippen LogP contribution in [-0.2, 0) is 4.79 Å². The zero-order chi connectivity index (χ0) is 13.1. The van der Waals surface area contributed by atoms with Crippen molar-refractivity contribution in [1.82, 2.24) is 0 Å². The minimum Gasteiger partial charge on any atom is -0.279 e. The van der Waals surface area contributed by atoms with E-state index in [9.17, 15) is 4.79 Å². The molecule has 0 saturated carbocycles. The predicted octanol–water partition coefficient (Wildman–Crippen LogP) is 4.72. The van der Waals surface area contributed by atoms with Crippen molar-refractivity contribution in [3.05, 3.63) is 39.5 Å². The molecule has 0 aliphatic carbocycles. The van der Waals surface area contributed by atoms with Crippen LogP contribution in [0.4, 0.5) is 0 Å². The largest absolute Gasteiger partial charge is 0.279 e. The first-order valence-electron chi connectivity index (χ1n) is 5.21. The molecule has 1 aromatic carbocycles. The Morgan fingerprint density at radius 3 is 2.94 bits per heavy atom. The molecule has 0 unspecified atom stereocenters. The Morgan fingerprint density at radius 1 is 1.44 bits per heavy atom. The molecule has 0 bridgehead atoms. The topological polar surface area (TPSA) is 29.4 Å². The van der Waals surface area contributed by atoms with Crippen LogP contribution in [0.25, 0.3) is 6.08 Å². The summed E-state index contributed by atoms with van der Waals surface area (Å²) in [5.74, 6) is 0.893. The molecule has 0 aromatic heterocycles. The summed E-state index contributed by atoms with van der Waals surface area (Å²) in [5.41, 5.74) is 1.12. The minimum atomic E-state index is -0.0537. The zero-order valence-electron chi connectivity index (χ0n) is 9.44. The van der Waals surface area contributed by atoms with Crippen molar-refractivity contribution in [3.8, 4) is 0 Å². The summed E-state index contributed by atoms with van der Waals surface area (Å²) >= 11 is 14.7. The molecule has 18 heavy (non-hydrogen) atoms. The second kappa shape index (κ2) is 6.15. The van der Waals surface area contributed by atoms with Gasteiger partial charge >= 0.3 is 0 Å². The van der Waals surface area contributed by atoms with Gasteiger partial charge in [0.1, 0.15) is 10.1 Å². The van der Waals surface area contributed by atoms with Gasteiger partial charge in [0, 0.05) is 0 Å². The van der Waals surface area contributed by atoms with E-state index in [1.165, 1.54) is 0 Å². The average molecular weight is 318 g/mol. The van der Waals surface area contributed by atoms with Crippen molar-refractivity contribution in [2.24, 2.45) is 4.99 Å². The smallest absolute Gasteiger partial charge is 0.244 e. The Kier molecular flexibility index (Phi) is 4.78. The molecule has 1 heterocycles. The number of thioether (sulfide) groups is 2. The fraction of sp³-hybridized carbons (Fsp3) is 0.167. The summed E-state index contributed by atoms with van der Waals surface area (Å²) in [6.07, 6.45) is 1.67. The van der Waals surface area contributed by atoms with Gasteiger partial charge < -0.3 is 0 Å². The molecule has 0 radical (unpaired) electrons. The average Bonchev–Trinajstić information content (AvgIpc) is 2.66. The molecule has 0 amide bonds. The summed E-state index contributed by atoms with van der Waals surface area (Å²) in [5, 5.41) is 0.856. The molecule has 0 fully saturated rings. The van der Waals surface area contributed by atoms with E-state index in [2.05, 4.69) is 4.99 Å². The number of hydrogen-bond donors (Lipinski definition) is 0. The quantitative estimate of drug-likeness (QED) is 0.739. The van der Waals surface area contributed by atoms with Gasteiger partial charge in [-0.05, 0) is 35.2 Å². The van der Waals surface area contributed by atoms with Gasteiger partial charge in [-0.3, -0.25) is 4.79 Å². The highest BCUT2D eigenvalue weighted by Crippen LogP contribution is 2.33. The lowest BCUT2D eigenvalue weighted by atomic mass is 10.2. The highest BCUT2D eigenvalue weighted by Gasteiger charge is 2.22. The van der Waals surface area contributed by atoms with Crippen LogP contribution < -0.4 is 0 Å². The second-order valence-corrected chi connectivity index (χ2v) is 6.63. The number of benzene rings is 1. The summed E-state index contributed by atoms with van der Waals surface area (Å²) in [6, 6.07) is 5.30. The Balaban J connectivity index is 2.33. The molecule has 0 saturated heterocycles. The number of hydrogen-bond acceptors (Lipinski definition) is 4. The first-order valence-corrected chi connectivity index (χ1v) is 7.77. The third-order valence-corrected chi connectivity index (χ3v) is 4.87. The number of carbonyl (C=O) groups excluding carboxylic acids is 1. The van der Waals surface area contributed by atoms with E-state index in [1.54, 1.807) is 36.0 Å². The fourth-order valence-electron chi connectivity index (χ4n) is 1.35. The van der Waals surface area contributed by atoms with Crippen molar-refractivity contribution in [1.29, 1.82) is 0 Å². The Hall–Kier alpha value is -0.420. The molecule has 2 nitrogen and oxygen atoms in total. The summed E-state index contributed by atoms with van der Waals surface area (Å²) < 4.78 is 0.784. The Labute approximate surface area is 124 Å². The van der Waals surface area contributed by atoms with Gasteiger partial charge in [-0.2, -0.15) is 0 Å². The number of rotatable bonds is 2. The summed E-state index contributed by atoms with van der Waals surface area (Å²) in [6.45, 7) is 2.02. The van der Waals surface area contributed by atoms with Gasteiger partial charge in [-0.1, -0.05) is 54.0 Å². The van der Waals surface area contributed by atoms with Crippen LogP contribution in [0.2, 0.25) is 10.0 Å². The highest BCUT2D eigenvalue weighted by atomic mass is 35.5. The lowest BCUT2D eigenvalue weighted by molar-refractivity contribution is -0.107. The van der Waals surface area contributed by atoms with Crippen molar-refractivity contribution in [2.45, 2.75) is 6.92 Å². The predicted molar refractivity (Wildman–Crippen MR) is 82.6 cm³/mol. The van der Waals surface area contributed by atoms with Crippen molar-refractivity contribution in [2.75, 3.05) is 5.75 Å². The van der Waals surface area contributed by atoms with Crippen LogP contribution in [0, 0.1) is 0 Å². The van der Waals surface area contributed by atoms with E-state index in [1.807, 2.05) is 6.92 Å². The molecule has 0 atom stereocenters. The van der Waals surface area contributed by atoms with Crippen LogP contribution in [-0.4, -0.2) is 15.2 Å². The Bertz CT molecular complexity index is 555. The van der Waals surface area contributed by atoms with Crippen molar-refractivity contribution >= 4 is 62.3 Å². The number of carbonyl (C=O) groups is 1. The molecule has 0 N–H and O–H groups in total. The van der Waals surface area contributed by atoms with Gasteiger partial charge in [0.05, 0.1) is 10.0 Å². The van der Waals surface area contributed by atoms with E-state index < -0.39 is 0 Å². The molecular formula is C12H9Cl2NOS2. The van der Waals surface area contributed by atoms with Crippen LogP contribution in [0.15, 0.2) is 28.9 Å². The Morgan fingerprint density at radius 2 is 2.22 bits per heavy atom. The van der Waals surface area contributed by atoms with Gasteiger partial charge in [0.15, 0.2) is 0 Å². The molecule has 94 valence electrons. The van der Waals surface area contributed by atoms with E-state index >= 15 is 0 Å². The van der Waals surface area contributed by atoms with Gasteiger partial charge in [0.25, 0.3) is 0 Å². The molecule has 1 aromatic rings.